The molecule has 0 fully saturated rings. The number of carbonyl (C=O) groups is 1. The van der Waals surface area contributed by atoms with Gasteiger partial charge >= 0.3 is 5.97 Å². The molecule has 0 unspecified atom stereocenters. The smallest absolute Gasteiger partial charge is 0.338 e. The van der Waals surface area contributed by atoms with E-state index < -0.39 is 5.97 Å². The molecule has 3 rings (SSSR count). The van der Waals surface area contributed by atoms with E-state index in [0.717, 1.165) is 15.6 Å². The molecule has 0 aliphatic rings. The number of hydrogen-bond acceptors (Lipinski definition) is 5. The van der Waals surface area contributed by atoms with Crippen molar-refractivity contribution in [2.24, 2.45) is 0 Å². The van der Waals surface area contributed by atoms with Crippen molar-refractivity contribution in [3.05, 3.63) is 70.0 Å². The number of halogens is 1. The molecule has 0 atom stereocenters. The van der Waals surface area contributed by atoms with Crippen molar-refractivity contribution in [2.75, 3.05) is 0 Å². The van der Waals surface area contributed by atoms with E-state index >= 15 is 0 Å². The van der Waals surface area contributed by atoms with Crippen LogP contribution in [0.4, 0.5) is 0 Å². The van der Waals surface area contributed by atoms with Crippen molar-refractivity contribution in [2.45, 2.75) is 13.5 Å². The highest BCUT2D eigenvalue weighted by Gasteiger charge is 2.12. The van der Waals surface area contributed by atoms with E-state index in [1.165, 1.54) is 0 Å². The average molecular weight is 373 g/mol. The Labute approximate surface area is 141 Å². The van der Waals surface area contributed by atoms with Crippen LogP contribution in [0.3, 0.4) is 0 Å². The van der Waals surface area contributed by atoms with Crippen LogP contribution >= 0.6 is 15.9 Å². The Morgan fingerprint density at radius 3 is 2.74 bits per heavy atom. The van der Waals surface area contributed by atoms with Gasteiger partial charge in [-0.25, -0.2) is 4.79 Å². The first-order chi connectivity index (χ1) is 11.1. The Morgan fingerprint density at radius 1 is 1.22 bits per heavy atom. The molecule has 0 radical (unpaired) electrons. The van der Waals surface area contributed by atoms with Crippen LogP contribution in [0.5, 0.6) is 0 Å². The second kappa shape index (κ2) is 6.75. The van der Waals surface area contributed by atoms with Gasteiger partial charge in [0.15, 0.2) is 6.61 Å². The molecule has 0 N–H and O–H groups in total. The summed E-state index contributed by atoms with van der Waals surface area (Å²) in [6.07, 6.45) is 0. The summed E-state index contributed by atoms with van der Waals surface area (Å²) in [5.41, 5.74) is 2.39. The summed E-state index contributed by atoms with van der Waals surface area (Å²) in [5, 5.41) is 3.89. The van der Waals surface area contributed by atoms with Gasteiger partial charge in [-0.2, -0.15) is 4.98 Å². The van der Waals surface area contributed by atoms with Gasteiger partial charge in [0, 0.05) is 10.0 Å². The molecule has 2 aromatic carbocycles. The Balaban J connectivity index is 1.65. The first-order valence-corrected chi connectivity index (χ1v) is 7.73. The Hall–Kier alpha value is -2.47. The maximum Gasteiger partial charge on any atom is 0.338 e. The number of hydrogen-bond donors (Lipinski definition) is 0. The Bertz CT molecular complexity index is 828. The number of ether oxygens (including phenoxy) is 1. The fourth-order valence-electron chi connectivity index (χ4n) is 1.96. The van der Waals surface area contributed by atoms with Crippen molar-refractivity contribution in [3.8, 4) is 11.4 Å². The van der Waals surface area contributed by atoms with Crippen molar-refractivity contribution < 1.29 is 14.1 Å². The molecular formula is C17H13BrN2O3. The van der Waals surface area contributed by atoms with Gasteiger partial charge in [-0.3, -0.25) is 0 Å². The Kier molecular flexibility index (Phi) is 4.52. The highest BCUT2D eigenvalue weighted by atomic mass is 79.9. The van der Waals surface area contributed by atoms with Gasteiger partial charge in [0.25, 0.3) is 5.89 Å². The first kappa shape index (κ1) is 15.4. The summed E-state index contributed by atoms with van der Waals surface area (Å²) in [5.74, 6) is 0.278. The molecule has 0 spiro atoms. The third kappa shape index (κ3) is 3.84. The zero-order chi connectivity index (χ0) is 16.2. The summed E-state index contributed by atoms with van der Waals surface area (Å²) < 4.78 is 11.2. The molecule has 0 aliphatic carbocycles. The van der Waals surface area contributed by atoms with Crippen LogP contribution in [-0.2, 0) is 11.3 Å². The molecule has 116 valence electrons. The molecule has 0 amide bonds. The normalized spacial score (nSPS) is 10.5. The van der Waals surface area contributed by atoms with Crippen LogP contribution in [0.15, 0.2) is 57.5 Å². The summed E-state index contributed by atoms with van der Waals surface area (Å²) in [6.45, 7) is 1.89. The topological polar surface area (TPSA) is 65.2 Å². The van der Waals surface area contributed by atoms with Crippen molar-refractivity contribution in [3.63, 3.8) is 0 Å². The number of rotatable bonds is 4. The van der Waals surface area contributed by atoms with E-state index in [1.807, 2.05) is 43.3 Å². The predicted molar refractivity (Wildman–Crippen MR) is 87.7 cm³/mol. The lowest BCUT2D eigenvalue weighted by Gasteiger charge is -2.02. The molecule has 1 aromatic heterocycles. The minimum Gasteiger partial charge on any atom is -0.452 e. The quantitative estimate of drug-likeness (QED) is 0.643. The van der Waals surface area contributed by atoms with E-state index in [0.29, 0.717) is 11.4 Å². The zero-order valence-electron chi connectivity index (χ0n) is 12.3. The third-order valence-corrected chi connectivity index (χ3v) is 3.66. The predicted octanol–water partition coefficient (Wildman–Crippen LogP) is 4.16. The van der Waals surface area contributed by atoms with Crippen LogP contribution in [0.25, 0.3) is 11.4 Å². The average Bonchev–Trinajstić information content (AvgIpc) is 3.02. The van der Waals surface area contributed by atoms with Gasteiger partial charge in [0.05, 0.1) is 5.56 Å². The fraction of sp³-hybridized carbons (Fsp3) is 0.118. The van der Waals surface area contributed by atoms with Gasteiger partial charge in [-0.1, -0.05) is 50.9 Å². The third-order valence-electron chi connectivity index (χ3n) is 3.16. The van der Waals surface area contributed by atoms with Crippen LogP contribution in [0.1, 0.15) is 21.8 Å². The van der Waals surface area contributed by atoms with Gasteiger partial charge in [-0.15, -0.1) is 0 Å². The van der Waals surface area contributed by atoms with Gasteiger partial charge in [-0.05, 0) is 31.2 Å². The number of aryl methyl sites for hydroxylation is 1. The van der Waals surface area contributed by atoms with E-state index in [4.69, 9.17) is 9.26 Å². The van der Waals surface area contributed by atoms with Crippen LogP contribution in [0.2, 0.25) is 0 Å². The molecule has 0 saturated heterocycles. The summed E-state index contributed by atoms with van der Waals surface area (Å²) in [6, 6.07) is 14.7. The lowest BCUT2D eigenvalue weighted by molar-refractivity contribution is 0.0430. The van der Waals surface area contributed by atoms with Crippen LogP contribution in [-0.4, -0.2) is 16.1 Å². The second-order valence-corrected chi connectivity index (χ2v) is 5.88. The van der Waals surface area contributed by atoms with Crippen molar-refractivity contribution >= 4 is 21.9 Å². The molecule has 1 heterocycles. The molecule has 0 bridgehead atoms. The summed E-state index contributed by atoms with van der Waals surface area (Å²) in [4.78, 5) is 16.2. The lowest BCUT2D eigenvalue weighted by Crippen LogP contribution is -2.05. The maximum atomic E-state index is 11.9. The monoisotopic (exact) mass is 372 g/mol. The minimum absolute atomic E-state index is 0.0618. The molecule has 23 heavy (non-hydrogen) atoms. The van der Waals surface area contributed by atoms with E-state index in [1.54, 1.807) is 12.1 Å². The number of benzene rings is 2. The lowest BCUT2D eigenvalue weighted by atomic mass is 10.1. The molecule has 0 aliphatic heterocycles. The van der Waals surface area contributed by atoms with E-state index in [9.17, 15) is 4.79 Å². The molecule has 0 saturated carbocycles. The van der Waals surface area contributed by atoms with E-state index in [-0.39, 0.29) is 12.5 Å². The number of esters is 1. The number of nitrogens with zero attached hydrogens (tertiary/aromatic N) is 2. The minimum atomic E-state index is -0.424. The van der Waals surface area contributed by atoms with Crippen LogP contribution < -0.4 is 0 Å². The highest BCUT2D eigenvalue weighted by molar-refractivity contribution is 9.10. The number of carbonyl (C=O) groups excluding carboxylic acids is 1. The molecule has 3 aromatic rings. The molecular weight excluding hydrogens is 360 g/mol. The fourth-order valence-corrected chi connectivity index (χ4v) is 2.36. The van der Waals surface area contributed by atoms with Gasteiger partial charge < -0.3 is 9.26 Å². The highest BCUT2D eigenvalue weighted by Crippen LogP contribution is 2.20. The van der Waals surface area contributed by atoms with Gasteiger partial charge in [0.1, 0.15) is 0 Å². The second-order valence-electron chi connectivity index (χ2n) is 4.96. The van der Waals surface area contributed by atoms with E-state index in [2.05, 4.69) is 26.1 Å². The zero-order valence-corrected chi connectivity index (χ0v) is 13.9. The standard InChI is InChI=1S/C17H13BrN2O3/c1-11-5-7-12(8-6-11)17(21)22-10-15-19-16(20-23-15)13-3-2-4-14(18)9-13/h2-9H,10H2,1H3. The molecule has 6 heteroatoms. The first-order valence-electron chi connectivity index (χ1n) is 6.94. The maximum absolute atomic E-state index is 11.9. The molecule has 5 nitrogen and oxygen atoms in total. The number of aromatic nitrogens is 2. The largest absolute Gasteiger partial charge is 0.452 e. The van der Waals surface area contributed by atoms with Crippen molar-refractivity contribution in [1.82, 2.24) is 10.1 Å². The van der Waals surface area contributed by atoms with Crippen LogP contribution in [0, 0.1) is 6.92 Å². The summed E-state index contributed by atoms with van der Waals surface area (Å²) >= 11 is 3.39. The summed E-state index contributed by atoms with van der Waals surface area (Å²) in [7, 11) is 0. The van der Waals surface area contributed by atoms with Gasteiger partial charge in [0.2, 0.25) is 5.82 Å². The van der Waals surface area contributed by atoms with Crippen molar-refractivity contribution in [1.29, 1.82) is 0 Å². The Morgan fingerprint density at radius 2 is 2.00 bits per heavy atom. The SMILES string of the molecule is Cc1ccc(C(=O)OCc2nc(-c3cccc(Br)c3)no2)cc1.